The van der Waals surface area contributed by atoms with Crippen LogP contribution in [0.5, 0.6) is 0 Å². The Morgan fingerprint density at radius 3 is 2.68 bits per heavy atom. The SMILES string of the molecule is COC(=O)c1cccc(S(=O)(=O)N2CCNC(C)C2C)c1C. The molecule has 2 atom stereocenters. The highest BCUT2D eigenvalue weighted by atomic mass is 32.2. The van der Waals surface area contributed by atoms with Crippen molar-refractivity contribution in [3.05, 3.63) is 29.3 Å². The lowest BCUT2D eigenvalue weighted by molar-refractivity contribution is 0.0599. The van der Waals surface area contributed by atoms with Gasteiger partial charge in [-0.1, -0.05) is 6.07 Å². The molecule has 22 heavy (non-hydrogen) atoms. The summed E-state index contributed by atoms with van der Waals surface area (Å²) in [6.07, 6.45) is 0. The first-order chi connectivity index (χ1) is 10.3. The minimum Gasteiger partial charge on any atom is -0.465 e. The topological polar surface area (TPSA) is 75.7 Å². The fraction of sp³-hybridized carbons (Fsp3) is 0.533. The molecule has 1 saturated heterocycles. The molecule has 122 valence electrons. The van der Waals surface area contributed by atoms with Gasteiger partial charge in [0.1, 0.15) is 0 Å². The van der Waals surface area contributed by atoms with Crippen molar-refractivity contribution < 1.29 is 17.9 Å². The van der Waals surface area contributed by atoms with Gasteiger partial charge in [-0.15, -0.1) is 0 Å². The van der Waals surface area contributed by atoms with Gasteiger partial charge >= 0.3 is 5.97 Å². The molecule has 1 N–H and O–H groups in total. The Morgan fingerprint density at radius 2 is 2.05 bits per heavy atom. The van der Waals surface area contributed by atoms with E-state index >= 15 is 0 Å². The van der Waals surface area contributed by atoms with E-state index in [9.17, 15) is 13.2 Å². The smallest absolute Gasteiger partial charge is 0.338 e. The average Bonchev–Trinajstić information content (AvgIpc) is 2.49. The molecule has 0 saturated carbocycles. The molecule has 0 spiro atoms. The van der Waals surface area contributed by atoms with Crippen LogP contribution < -0.4 is 5.32 Å². The van der Waals surface area contributed by atoms with E-state index in [-0.39, 0.29) is 22.5 Å². The van der Waals surface area contributed by atoms with Crippen molar-refractivity contribution in [1.82, 2.24) is 9.62 Å². The predicted octanol–water partition coefficient (Wildman–Crippen LogP) is 1.15. The first-order valence-corrected chi connectivity index (χ1v) is 8.68. The molecule has 1 aliphatic rings. The van der Waals surface area contributed by atoms with Gasteiger partial charge in [-0.25, -0.2) is 13.2 Å². The predicted molar refractivity (Wildman–Crippen MR) is 83.3 cm³/mol. The number of methoxy groups -OCH3 is 1. The van der Waals surface area contributed by atoms with Crippen LogP contribution in [0.4, 0.5) is 0 Å². The molecule has 0 bridgehead atoms. The van der Waals surface area contributed by atoms with Crippen LogP contribution in [0.2, 0.25) is 0 Å². The maximum absolute atomic E-state index is 13.0. The van der Waals surface area contributed by atoms with Crippen LogP contribution in [0.1, 0.15) is 29.8 Å². The first-order valence-electron chi connectivity index (χ1n) is 7.24. The van der Waals surface area contributed by atoms with Gasteiger partial charge in [0, 0.05) is 25.2 Å². The van der Waals surface area contributed by atoms with Crippen molar-refractivity contribution in [2.24, 2.45) is 0 Å². The highest BCUT2D eigenvalue weighted by Crippen LogP contribution is 2.26. The number of benzene rings is 1. The molecule has 0 radical (unpaired) electrons. The van der Waals surface area contributed by atoms with E-state index in [0.29, 0.717) is 18.7 Å². The molecule has 0 aromatic heterocycles. The third-order valence-electron chi connectivity index (χ3n) is 4.25. The minimum atomic E-state index is -3.65. The summed E-state index contributed by atoms with van der Waals surface area (Å²) in [5, 5.41) is 3.26. The van der Waals surface area contributed by atoms with Crippen LogP contribution in [0.3, 0.4) is 0 Å². The molecule has 2 unspecified atom stereocenters. The molecule has 7 heteroatoms. The fourth-order valence-electron chi connectivity index (χ4n) is 2.72. The van der Waals surface area contributed by atoms with Crippen molar-refractivity contribution >= 4 is 16.0 Å². The number of carbonyl (C=O) groups is 1. The van der Waals surface area contributed by atoms with E-state index in [1.165, 1.54) is 17.5 Å². The Bertz CT molecular complexity index is 672. The molecule has 1 fully saturated rings. The minimum absolute atomic E-state index is 0.0765. The van der Waals surface area contributed by atoms with Crippen molar-refractivity contribution in [3.63, 3.8) is 0 Å². The summed E-state index contributed by atoms with van der Waals surface area (Å²) in [5.41, 5.74) is 0.701. The van der Waals surface area contributed by atoms with Gasteiger partial charge in [-0.05, 0) is 38.5 Å². The quantitative estimate of drug-likeness (QED) is 0.844. The van der Waals surface area contributed by atoms with Crippen LogP contribution in [-0.2, 0) is 14.8 Å². The summed E-state index contributed by atoms with van der Waals surface area (Å²) < 4.78 is 32.2. The summed E-state index contributed by atoms with van der Waals surface area (Å²) in [7, 11) is -2.37. The van der Waals surface area contributed by atoms with E-state index < -0.39 is 16.0 Å². The summed E-state index contributed by atoms with van der Waals surface area (Å²) in [6.45, 7) is 6.50. The Kier molecular flexibility index (Phi) is 4.89. The van der Waals surface area contributed by atoms with E-state index in [2.05, 4.69) is 5.32 Å². The number of nitrogens with zero attached hydrogens (tertiary/aromatic N) is 1. The van der Waals surface area contributed by atoms with Gasteiger partial charge in [0.25, 0.3) is 0 Å². The number of ether oxygens (including phenoxy) is 1. The van der Waals surface area contributed by atoms with Gasteiger partial charge in [0.05, 0.1) is 17.6 Å². The molecular weight excluding hydrogens is 304 g/mol. The summed E-state index contributed by atoms with van der Waals surface area (Å²) in [5.74, 6) is -0.531. The number of sulfonamides is 1. The zero-order chi connectivity index (χ0) is 16.5. The van der Waals surface area contributed by atoms with Gasteiger partial charge < -0.3 is 10.1 Å². The van der Waals surface area contributed by atoms with E-state index in [4.69, 9.17) is 4.74 Å². The van der Waals surface area contributed by atoms with E-state index in [1.54, 1.807) is 19.1 Å². The number of hydrogen-bond donors (Lipinski definition) is 1. The largest absolute Gasteiger partial charge is 0.465 e. The lowest BCUT2D eigenvalue weighted by atomic mass is 10.1. The Labute approximate surface area is 131 Å². The third kappa shape index (κ3) is 2.88. The van der Waals surface area contributed by atoms with Crippen LogP contribution in [0.15, 0.2) is 23.1 Å². The maximum Gasteiger partial charge on any atom is 0.338 e. The molecule has 1 aliphatic heterocycles. The summed E-state index contributed by atoms with van der Waals surface area (Å²) >= 11 is 0. The van der Waals surface area contributed by atoms with Gasteiger partial charge in [-0.2, -0.15) is 4.31 Å². The molecule has 1 aromatic carbocycles. The monoisotopic (exact) mass is 326 g/mol. The Balaban J connectivity index is 2.48. The van der Waals surface area contributed by atoms with Crippen molar-refractivity contribution in [2.75, 3.05) is 20.2 Å². The molecule has 1 aromatic rings. The molecule has 1 heterocycles. The normalized spacial score (nSPS) is 23.3. The van der Waals surface area contributed by atoms with Crippen molar-refractivity contribution in [3.8, 4) is 0 Å². The molecule has 0 amide bonds. The van der Waals surface area contributed by atoms with Gasteiger partial charge in [0.15, 0.2) is 0 Å². The number of rotatable bonds is 3. The maximum atomic E-state index is 13.0. The van der Waals surface area contributed by atoms with Crippen LogP contribution in [0, 0.1) is 6.92 Å². The fourth-order valence-corrected chi connectivity index (χ4v) is 4.67. The zero-order valence-electron chi connectivity index (χ0n) is 13.3. The third-order valence-corrected chi connectivity index (χ3v) is 6.38. The number of nitrogens with one attached hydrogen (secondary N) is 1. The summed E-state index contributed by atoms with van der Waals surface area (Å²) in [6, 6.07) is 4.61. The molecule has 2 rings (SSSR count). The second-order valence-electron chi connectivity index (χ2n) is 5.52. The van der Waals surface area contributed by atoms with Crippen molar-refractivity contribution in [1.29, 1.82) is 0 Å². The first kappa shape index (κ1) is 16.9. The van der Waals surface area contributed by atoms with Crippen LogP contribution in [0.25, 0.3) is 0 Å². The lowest BCUT2D eigenvalue weighted by Gasteiger charge is -2.37. The lowest BCUT2D eigenvalue weighted by Crippen LogP contribution is -2.57. The number of carbonyl (C=O) groups excluding carboxylic acids is 1. The number of piperazine rings is 1. The van der Waals surface area contributed by atoms with Gasteiger partial charge in [0.2, 0.25) is 10.0 Å². The zero-order valence-corrected chi connectivity index (χ0v) is 14.1. The molecule has 6 nitrogen and oxygen atoms in total. The van der Waals surface area contributed by atoms with E-state index in [1.807, 2.05) is 13.8 Å². The highest BCUT2D eigenvalue weighted by molar-refractivity contribution is 7.89. The van der Waals surface area contributed by atoms with Crippen LogP contribution >= 0.6 is 0 Å². The Hall–Kier alpha value is -1.44. The second kappa shape index (κ2) is 6.36. The number of esters is 1. The standard InChI is InChI=1S/C15H22N2O4S/c1-10-13(15(18)21-4)6-5-7-14(10)22(19,20)17-9-8-16-11(2)12(17)3/h5-7,11-12,16H,8-9H2,1-4H3. The summed E-state index contributed by atoms with van der Waals surface area (Å²) in [4.78, 5) is 11.9. The highest BCUT2D eigenvalue weighted by Gasteiger charge is 2.35. The van der Waals surface area contributed by atoms with Gasteiger partial charge in [-0.3, -0.25) is 0 Å². The van der Waals surface area contributed by atoms with E-state index in [0.717, 1.165) is 0 Å². The molecule has 0 aliphatic carbocycles. The molecular formula is C15H22N2O4S. The van der Waals surface area contributed by atoms with Crippen molar-refractivity contribution in [2.45, 2.75) is 37.8 Å². The number of hydrogen-bond acceptors (Lipinski definition) is 5. The average molecular weight is 326 g/mol. The Morgan fingerprint density at radius 1 is 1.36 bits per heavy atom. The second-order valence-corrected chi connectivity index (χ2v) is 7.38. The van der Waals surface area contributed by atoms with Crippen LogP contribution in [-0.4, -0.2) is 51.0 Å².